The molecule has 0 aliphatic rings. The lowest BCUT2D eigenvalue weighted by molar-refractivity contribution is -0.146. The zero-order valence-corrected chi connectivity index (χ0v) is 10.1. The van der Waals surface area contributed by atoms with E-state index in [1.165, 1.54) is 18.2 Å². The second-order valence-corrected chi connectivity index (χ2v) is 3.95. The van der Waals surface area contributed by atoms with Gasteiger partial charge >= 0.3 is 5.97 Å². The highest BCUT2D eigenvalue weighted by molar-refractivity contribution is 6.19. The average molecular weight is 271 g/mol. The van der Waals surface area contributed by atoms with Crippen LogP contribution in [0.3, 0.4) is 0 Å². The predicted molar refractivity (Wildman–Crippen MR) is 64.1 cm³/mol. The number of aliphatic hydroxyl groups excluding tert-OH is 1. The second kappa shape index (κ2) is 6.28. The van der Waals surface area contributed by atoms with E-state index in [4.69, 9.17) is 16.7 Å². The molecular formula is C12H11ClO5. The molecule has 1 atom stereocenters. The van der Waals surface area contributed by atoms with Crippen LogP contribution in [-0.4, -0.2) is 34.1 Å². The average Bonchev–Trinajstić information content (AvgIpc) is 2.37. The van der Waals surface area contributed by atoms with Gasteiger partial charge in [-0.15, -0.1) is 11.6 Å². The van der Waals surface area contributed by atoms with Gasteiger partial charge in [0, 0.05) is 29.0 Å². The summed E-state index contributed by atoms with van der Waals surface area (Å²) in [5, 5.41) is 18.2. The normalized spacial score (nSPS) is 11.9. The van der Waals surface area contributed by atoms with Crippen molar-refractivity contribution in [2.24, 2.45) is 0 Å². The van der Waals surface area contributed by atoms with Gasteiger partial charge in [0.15, 0.2) is 11.9 Å². The van der Waals surface area contributed by atoms with E-state index in [9.17, 15) is 19.5 Å². The third-order valence-corrected chi connectivity index (χ3v) is 2.55. The number of alkyl halides is 1. The SMILES string of the molecule is O=Cc1ccc(C(O)C(=O)O)c(C(=O)CCCl)c1. The fraction of sp³-hybridized carbons (Fsp3) is 0.250. The molecule has 0 aliphatic carbocycles. The number of carboxylic acid groups (broad SMARTS) is 1. The lowest BCUT2D eigenvalue weighted by Gasteiger charge is -2.11. The number of aldehydes is 1. The topological polar surface area (TPSA) is 91.7 Å². The molecule has 0 amide bonds. The standard InChI is InChI=1S/C12H11ClO5/c13-4-3-10(15)9-5-7(6-14)1-2-8(9)11(16)12(17)18/h1-2,5-6,11,16H,3-4H2,(H,17,18). The van der Waals surface area contributed by atoms with Crippen molar-refractivity contribution >= 4 is 29.6 Å². The molecule has 2 N–H and O–H groups in total. The number of halogens is 1. The number of hydrogen-bond donors (Lipinski definition) is 2. The van der Waals surface area contributed by atoms with Crippen molar-refractivity contribution in [1.82, 2.24) is 0 Å². The molecule has 0 heterocycles. The Bertz CT molecular complexity index is 483. The minimum Gasteiger partial charge on any atom is -0.479 e. The van der Waals surface area contributed by atoms with E-state index in [1.54, 1.807) is 0 Å². The van der Waals surface area contributed by atoms with Gasteiger partial charge in [-0.05, 0) is 6.07 Å². The summed E-state index contributed by atoms with van der Waals surface area (Å²) in [5.41, 5.74) is 0.202. The summed E-state index contributed by atoms with van der Waals surface area (Å²) in [6, 6.07) is 3.85. The quantitative estimate of drug-likeness (QED) is 0.463. The van der Waals surface area contributed by atoms with Gasteiger partial charge in [0.25, 0.3) is 0 Å². The summed E-state index contributed by atoms with van der Waals surface area (Å²) in [4.78, 5) is 33.1. The number of carbonyl (C=O) groups excluding carboxylic acids is 2. The Morgan fingerprint density at radius 1 is 1.39 bits per heavy atom. The molecule has 0 spiro atoms. The summed E-state index contributed by atoms with van der Waals surface area (Å²) < 4.78 is 0. The maximum Gasteiger partial charge on any atom is 0.337 e. The van der Waals surface area contributed by atoms with E-state index in [2.05, 4.69) is 0 Å². The molecule has 0 aliphatic heterocycles. The minimum absolute atomic E-state index is 0.00318. The first kappa shape index (κ1) is 14.3. The summed E-state index contributed by atoms with van der Waals surface area (Å²) in [6.07, 6.45) is -1.27. The largest absolute Gasteiger partial charge is 0.479 e. The first-order valence-corrected chi connectivity index (χ1v) is 5.64. The summed E-state index contributed by atoms with van der Waals surface area (Å²) >= 11 is 5.45. The minimum atomic E-state index is -1.81. The van der Waals surface area contributed by atoms with Crippen LogP contribution in [0.15, 0.2) is 18.2 Å². The number of hydrogen-bond acceptors (Lipinski definition) is 4. The van der Waals surface area contributed by atoms with Gasteiger partial charge in [-0.2, -0.15) is 0 Å². The van der Waals surface area contributed by atoms with E-state index in [1.807, 2.05) is 0 Å². The Balaban J connectivity index is 3.28. The number of benzene rings is 1. The highest BCUT2D eigenvalue weighted by Crippen LogP contribution is 2.21. The van der Waals surface area contributed by atoms with Crippen LogP contribution in [0.2, 0.25) is 0 Å². The molecule has 0 fully saturated rings. The van der Waals surface area contributed by atoms with Gasteiger partial charge in [-0.3, -0.25) is 9.59 Å². The summed E-state index contributed by atoms with van der Waals surface area (Å²) in [6.45, 7) is 0. The first-order valence-electron chi connectivity index (χ1n) is 5.10. The summed E-state index contributed by atoms with van der Waals surface area (Å²) in [7, 11) is 0. The van der Waals surface area contributed by atoms with Gasteiger partial charge in [0.05, 0.1) is 0 Å². The van der Waals surface area contributed by atoms with Crippen LogP contribution in [0.25, 0.3) is 0 Å². The van der Waals surface area contributed by atoms with Crippen LogP contribution >= 0.6 is 11.6 Å². The van der Waals surface area contributed by atoms with Gasteiger partial charge in [-0.25, -0.2) is 4.79 Å². The molecule has 5 nitrogen and oxygen atoms in total. The Labute approximate surface area is 108 Å². The van der Waals surface area contributed by atoms with Crippen LogP contribution in [0.1, 0.15) is 38.8 Å². The highest BCUT2D eigenvalue weighted by Gasteiger charge is 2.22. The smallest absolute Gasteiger partial charge is 0.337 e. The molecule has 1 rings (SSSR count). The highest BCUT2D eigenvalue weighted by atomic mass is 35.5. The van der Waals surface area contributed by atoms with Crippen molar-refractivity contribution in [1.29, 1.82) is 0 Å². The van der Waals surface area contributed by atoms with Crippen LogP contribution in [0.4, 0.5) is 0 Å². The third kappa shape index (κ3) is 3.15. The number of aliphatic hydroxyl groups is 1. The van der Waals surface area contributed by atoms with Crippen LogP contribution in [0.5, 0.6) is 0 Å². The van der Waals surface area contributed by atoms with Gasteiger partial charge < -0.3 is 10.2 Å². The number of ketones is 1. The molecule has 18 heavy (non-hydrogen) atoms. The lowest BCUT2D eigenvalue weighted by atomic mass is 9.96. The molecule has 96 valence electrons. The van der Waals surface area contributed by atoms with Crippen molar-refractivity contribution in [2.75, 3.05) is 5.88 Å². The number of rotatable bonds is 6. The van der Waals surface area contributed by atoms with E-state index >= 15 is 0 Å². The van der Waals surface area contributed by atoms with Crippen molar-refractivity contribution in [3.63, 3.8) is 0 Å². The Hall–Kier alpha value is -1.72. The van der Waals surface area contributed by atoms with E-state index in [-0.39, 0.29) is 29.0 Å². The molecule has 0 bridgehead atoms. The zero-order chi connectivity index (χ0) is 13.7. The van der Waals surface area contributed by atoms with Crippen molar-refractivity contribution in [3.05, 3.63) is 34.9 Å². The molecule has 0 saturated heterocycles. The molecule has 6 heteroatoms. The third-order valence-electron chi connectivity index (χ3n) is 2.36. The maximum atomic E-state index is 11.8. The molecule has 1 unspecified atom stereocenters. The number of Topliss-reactive ketones (excluding diaryl/α,β-unsaturated/α-hetero) is 1. The number of aliphatic carboxylic acids is 1. The maximum absolute atomic E-state index is 11.8. The molecular weight excluding hydrogens is 260 g/mol. The fourth-order valence-corrected chi connectivity index (χ4v) is 1.65. The van der Waals surface area contributed by atoms with Crippen LogP contribution in [-0.2, 0) is 4.79 Å². The Kier molecular flexibility index (Phi) is 5.00. The van der Waals surface area contributed by atoms with Gasteiger partial charge in [-0.1, -0.05) is 12.1 Å². The Morgan fingerprint density at radius 2 is 2.06 bits per heavy atom. The van der Waals surface area contributed by atoms with Crippen LogP contribution in [0, 0.1) is 0 Å². The first-order chi connectivity index (χ1) is 8.51. The van der Waals surface area contributed by atoms with E-state index < -0.39 is 17.9 Å². The molecule has 1 aromatic rings. The van der Waals surface area contributed by atoms with E-state index in [0.29, 0.717) is 6.29 Å². The van der Waals surface area contributed by atoms with E-state index in [0.717, 1.165) is 0 Å². The molecule has 0 saturated carbocycles. The van der Waals surface area contributed by atoms with Crippen LogP contribution < -0.4 is 0 Å². The molecule has 1 aromatic carbocycles. The Morgan fingerprint density at radius 3 is 2.56 bits per heavy atom. The summed E-state index contributed by atoms with van der Waals surface area (Å²) in [5.74, 6) is -1.80. The van der Waals surface area contributed by atoms with Crippen molar-refractivity contribution in [2.45, 2.75) is 12.5 Å². The number of carboxylic acids is 1. The van der Waals surface area contributed by atoms with Crippen molar-refractivity contribution < 1.29 is 24.6 Å². The zero-order valence-electron chi connectivity index (χ0n) is 9.30. The second-order valence-electron chi connectivity index (χ2n) is 3.57. The number of carbonyl (C=O) groups is 3. The molecule has 0 radical (unpaired) electrons. The monoisotopic (exact) mass is 270 g/mol. The van der Waals surface area contributed by atoms with Gasteiger partial charge in [0.1, 0.15) is 6.29 Å². The predicted octanol–water partition coefficient (Wildman–Crippen LogP) is 1.43. The fourth-order valence-electron chi connectivity index (χ4n) is 1.48. The lowest BCUT2D eigenvalue weighted by Crippen LogP contribution is -2.15. The molecule has 0 aromatic heterocycles. The van der Waals surface area contributed by atoms with Gasteiger partial charge in [0.2, 0.25) is 0 Å². The van der Waals surface area contributed by atoms with Crippen molar-refractivity contribution in [3.8, 4) is 0 Å².